The number of rotatable bonds is 2. The highest BCUT2D eigenvalue weighted by Gasteiger charge is 2.12. The lowest BCUT2D eigenvalue weighted by Crippen LogP contribution is -1.80. The van der Waals surface area contributed by atoms with Crippen LogP contribution in [0, 0.1) is 0 Å². The number of hydrogen-bond donors (Lipinski definition) is 0. The number of benzene rings is 1. The molecule has 14 heavy (non-hydrogen) atoms. The molecule has 0 spiro atoms. The Labute approximate surface area is 97.1 Å². The van der Waals surface area contributed by atoms with Crippen LogP contribution in [0.1, 0.15) is 9.71 Å². The Hall–Kier alpha value is -0.500. The molecule has 0 nitrogen and oxygen atoms in total. The first-order valence-corrected chi connectivity index (χ1v) is 5.95. The second-order valence-corrected chi connectivity index (χ2v) is 4.91. The third kappa shape index (κ3) is 1.95. The Morgan fingerprint density at radius 3 is 2.36 bits per heavy atom. The van der Waals surface area contributed by atoms with Crippen molar-refractivity contribution >= 4 is 34.5 Å². The standard InChI is InChI=1S/C11H8Cl2S/c12-11(13)10-9(6-7-14-10)8-4-2-1-3-5-8/h1-7,11H. The summed E-state index contributed by atoms with van der Waals surface area (Å²) in [4.78, 5) is 0.574. The molecule has 1 heterocycles. The summed E-state index contributed by atoms with van der Waals surface area (Å²) >= 11 is 13.3. The van der Waals surface area contributed by atoms with Gasteiger partial charge < -0.3 is 0 Å². The smallest absolute Gasteiger partial charge is 0.142 e. The van der Waals surface area contributed by atoms with E-state index in [-0.39, 0.29) is 0 Å². The van der Waals surface area contributed by atoms with Gasteiger partial charge in [0.05, 0.1) is 0 Å². The SMILES string of the molecule is ClC(Cl)c1sccc1-c1ccccc1. The summed E-state index contributed by atoms with van der Waals surface area (Å²) < 4.78 is 0. The quantitative estimate of drug-likeness (QED) is 0.658. The van der Waals surface area contributed by atoms with Crippen LogP contribution >= 0.6 is 34.5 Å². The van der Waals surface area contributed by atoms with E-state index in [1.54, 1.807) is 11.3 Å². The molecule has 0 saturated heterocycles. The van der Waals surface area contributed by atoms with E-state index < -0.39 is 4.84 Å². The van der Waals surface area contributed by atoms with E-state index >= 15 is 0 Å². The molecule has 0 bridgehead atoms. The maximum Gasteiger partial charge on any atom is 0.142 e. The zero-order chi connectivity index (χ0) is 9.97. The van der Waals surface area contributed by atoms with Crippen molar-refractivity contribution in [2.45, 2.75) is 4.84 Å². The Kier molecular flexibility index (Phi) is 3.12. The Morgan fingerprint density at radius 1 is 1.00 bits per heavy atom. The van der Waals surface area contributed by atoms with Crippen LogP contribution in [-0.4, -0.2) is 0 Å². The van der Waals surface area contributed by atoms with Gasteiger partial charge in [0, 0.05) is 4.88 Å². The van der Waals surface area contributed by atoms with E-state index in [9.17, 15) is 0 Å². The lowest BCUT2D eigenvalue weighted by Gasteiger charge is -2.03. The summed E-state index contributed by atoms with van der Waals surface area (Å²) in [6.07, 6.45) is 0. The van der Waals surface area contributed by atoms with E-state index in [2.05, 4.69) is 12.1 Å². The van der Waals surface area contributed by atoms with Crippen LogP contribution in [0.5, 0.6) is 0 Å². The van der Waals surface area contributed by atoms with Crippen molar-refractivity contribution in [3.05, 3.63) is 46.7 Å². The average molecular weight is 243 g/mol. The van der Waals surface area contributed by atoms with Crippen LogP contribution in [0.3, 0.4) is 0 Å². The van der Waals surface area contributed by atoms with Gasteiger partial charge in [0.1, 0.15) is 4.84 Å². The minimum Gasteiger partial charge on any atom is -0.145 e. The molecule has 0 aliphatic rings. The van der Waals surface area contributed by atoms with Gasteiger partial charge in [-0.1, -0.05) is 53.5 Å². The first kappa shape index (κ1) is 10.0. The summed E-state index contributed by atoms with van der Waals surface area (Å²) in [6, 6.07) is 12.2. The number of hydrogen-bond acceptors (Lipinski definition) is 1. The number of thiophene rings is 1. The molecule has 0 aliphatic heterocycles. The van der Waals surface area contributed by atoms with Gasteiger partial charge in [-0.05, 0) is 22.6 Å². The van der Waals surface area contributed by atoms with E-state index in [0.29, 0.717) is 0 Å². The first-order valence-electron chi connectivity index (χ1n) is 4.20. The molecular weight excluding hydrogens is 235 g/mol. The maximum atomic E-state index is 5.88. The second kappa shape index (κ2) is 4.35. The molecule has 2 aromatic rings. The number of alkyl halides is 2. The van der Waals surface area contributed by atoms with Crippen molar-refractivity contribution in [2.24, 2.45) is 0 Å². The van der Waals surface area contributed by atoms with Gasteiger partial charge in [-0.25, -0.2) is 0 Å². The summed E-state index contributed by atoms with van der Waals surface area (Å²) in [5, 5.41) is 2.01. The van der Waals surface area contributed by atoms with Crippen LogP contribution in [-0.2, 0) is 0 Å². The van der Waals surface area contributed by atoms with Crippen molar-refractivity contribution < 1.29 is 0 Å². The molecule has 0 fully saturated rings. The van der Waals surface area contributed by atoms with E-state index in [4.69, 9.17) is 23.2 Å². The van der Waals surface area contributed by atoms with Crippen LogP contribution in [0.25, 0.3) is 11.1 Å². The first-order chi connectivity index (χ1) is 6.79. The Morgan fingerprint density at radius 2 is 1.71 bits per heavy atom. The number of halogens is 2. The zero-order valence-corrected chi connectivity index (χ0v) is 9.61. The van der Waals surface area contributed by atoms with E-state index in [0.717, 1.165) is 16.0 Å². The van der Waals surface area contributed by atoms with E-state index in [1.165, 1.54) is 0 Å². The maximum absolute atomic E-state index is 5.88. The molecule has 72 valence electrons. The third-order valence-electron chi connectivity index (χ3n) is 1.98. The fourth-order valence-corrected chi connectivity index (χ4v) is 2.66. The molecule has 0 radical (unpaired) electrons. The van der Waals surface area contributed by atoms with Gasteiger partial charge in [-0.15, -0.1) is 11.3 Å². The lowest BCUT2D eigenvalue weighted by atomic mass is 10.1. The van der Waals surface area contributed by atoms with Crippen LogP contribution in [0.15, 0.2) is 41.8 Å². The fourth-order valence-electron chi connectivity index (χ4n) is 1.35. The van der Waals surface area contributed by atoms with Crippen molar-refractivity contribution in [1.82, 2.24) is 0 Å². The molecule has 3 heteroatoms. The highest BCUT2D eigenvalue weighted by molar-refractivity contribution is 7.11. The molecule has 0 saturated carbocycles. The molecular formula is C11H8Cl2S. The molecule has 0 N–H and O–H groups in total. The summed E-state index contributed by atoms with van der Waals surface area (Å²) in [7, 11) is 0. The van der Waals surface area contributed by atoms with Crippen molar-refractivity contribution in [3.8, 4) is 11.1 Å². The van der Waals surface area contributed by atoms with Crippen molar-refractivity contribution in [2.75, 3.05) is 0 Å². The largest absolute Gasteiger partial charge is 0.145 e. The fraction of sp³-hybridized carbons (Fsp3) is 0.0909. The zero-order valence-electron chi connectivity index (χ0n) is 7.28. The topological polar surface area (TPSA) is 0 Å². The molecule has 0 amide bonds. The summed E-state index contributed by atoms with van der Waals surface area (Å²) in [5.74, 6) is 0. The minimum atomic E-state index is -0.440. The molecule has 1 aromatic carbocycles. The van der Waals surface area contributed by atoms with Crippen LogP contribution in [0.4, 0.5) is 0 Å². The molecule has 0 atom stereocenters. The Bertz CT molecular complexity index is 406. The van der Waals surface area contributed by atoms with Gasteiger partial charge in [0.15, 0.2) is 0 Å². The van der Waals surface area contributed by atoms with Gasteiger partial charge in [0.25, 0.3) is 0 Å². The molecule has 0 unspecified atom stereocenters. The minimum absolute atomic E-state index is 0.440. The Balaban J connectivity index is 2.47. The highest BCUT2D eigenvalue weighted by atomic mass is 35.5. The van der Waals surface area contributed by atoms with E-state index in [1.807, 2.05) is 29.6 Å². The van der Waals surface area contributed by atoms with Crippen LogP contribution < -0.4 is 0 Å². The van der Waals surface area contributed by atoms with Gasteiger partial charge in [-0.3, -0.25) is 0 Å². The molecule has 1 aromatic heterocycles. The summed E-state index contributed by atoms with van der Waals surface area (Å²) in [6.45, 7) is 0. The van der Waals surface area contributed by atoms with Crippen molar-refractivity contribution in [1.29, 1.82) is 0 Å². The van der Waals surface area contributed by atoms with Gasteiger partial charge >= 0.3 is 0 Å². The van der Waals surface area contributed by atoms with Crippen LogP contribution in [0.2, 0.25) is 0 Å². The second-order valence-electron chi connectivity index (χ2n) is 2.87. The molecule has 2 rings (SSSR count). The van der Waals surface area contributed by atoms with Gasteiger partial charge in [-0.2, -0.15) is 0 Å². The average Bonchev–Trinajstić information content (AvgIpc) is 2.67. The van der Waals surface area contributed by atoms with Crippen molar-refractivity contribution in [3.63, 3.8) is 0 Å². The lowest BCUT2D eigenvalue weighted by molar-refractivity contribution is 1.45. The predicted molar refractivity (Wildman–Crippen MR) is 64.2 cm³/mol. The normalized spacial score (nSPS) is 10.8. The predicted octanol–water partition coefficient (Wildman–Crippen LogP) is 4.89. The van der Waals surface area contributed by atoms with Gasteiger partial charge in [0.2, 0.25) is 0 Å². The summed E-state index contributed by atoms with van der Waals surface area (Å²) in [5.41, 5.74) is 2.29. The highest BCUT2D eigenvalue weighted by Crippen LogP contribution is 2.37. The molecule has 0 aliphatic carbocycles. The monoisotopic (exact) mass is 242 g/mol. The third-order valence-corrected chi connectivity index (χ3v) is 3.66.